The van der Waals surface area contributed by atoms with Crippen LogP contribution >= 0.6 is 0 Å². The summed E-state index contributed by atoms with van der Waals surface area (Å²) in [6, 6.07) is 7.19. The molecule has 0 spiro atoms. The van der Waals surface area contributed by atoms with Crippen LogP contribution in [0.3, 0.4) is 0 Å². The first-order chi connectivity index (χ1) is 13.3. The van der Waals surface area contributed by atoms with Gasteiger partial charge in [-0.25, -0.2) is 14.6 Å². The van der Waals surface area contributed by atoms with E-state index >= 15 is 0 Å². The molecule has 0 atom stereocenters. The van der Waals surface area contributed by atoms with Gasteiger partial charge in [0.25, 0.3) is 5.56 Å². The summed E-state index contributed by atoms with van der Waals surface area (Å²) in [7, 11) is 0. The summed E-state index contributed by atoms with van der Waals surface area (Å²) in [4.78, 5) is 26.8. The van der Waals surface area contributed by atoms with Gasteiger partial charge in [-0.3, -0.25) is 14.7 Å². The van der Waals surface area contributed by atoms with E-state index in [-0.39, 0.29) is 5.56 Å². The molecule has 0 amide bonds. The molecule has 1 saturated heterocycles. The summed E-state index contributed by atoms with van der Waals surface area (Å²) >= 11 is 0. The number of aromatic nitrogens is 5. The van der Waals surface area contributed by atoms with Crippen molar-refractivity contribution in [3.63, 3.8) is 0 Å². The van der Waals surface area contributed by atoms with Crippen LogP contribution in [0.4, 0.5) is 0 Å². The molecule has 27 heavy (non-hydrogen) atoms. The Hall–Kier alpha value is -2.93. The van der Waals surface area contributed by atoms with E-state index in [1.165, 1.54) is 0 Å². The van der Waals surface area contributed by atoms with Crippen molar-refractivity contribution in [2.75, 3.05) is 13.1 Å². The topological polar surface area (TPSA) is 76.8 Å². The van der Waals surface area contributed by atoms with Crippen molar-refractivity contribution in [1.29, 1.82) is 0 Å². The average molecular weight is 362 g/mol. The Morgan fingerprint density at radius 3 is 2.44 bits per heavy atom. The lowest BCUT2D eigenvalue weighted by Gasteiger charge is -2.31. The van der Waals surface area contributed by atoms with E-state index in [2.05, 4.69) is 25.0 Å². The average Bonchev–Trinajstić information content (AvgIpc) is 2.72. The van der Waals surface area contributed by atoms with Gasteiger partial charge < -0.3 is 0 Å². The lowest BCUT2D eigenvalue weighted by Crippen LogP contribution is -2.36. The van der Waals surface area contributed by atoms with Crippen molar-refractivity contribution in [3.05, 3.63) is 71.3 Å². The van der Waals surface area contributed by atoms with Crippen molar-refractivity contribution in [2.24, 2.45) is 5.92 Å². The van der Waals surface area contributed by atoms with Crippen molar-refractivity contribution < 1.29 is 0 Å². The van der Waals surface area contributed by atoms with Gasteiger partial charge in [0.05, 0.1) is 5.69 Å². The Balaban J connectivity index is 1.38. The monoisotopic (exact) mass is 362 g/mol. The Labute approximate surface area is 157 Å². The number of pyridine rings is 1. The van der Waals surface area contributed by atoms with Gasteiger partial charge in [-0.1, -0.05) is 0 Å². The van der Waals surface area contributed by atoms with Crippen LogP contribution < -0.4 is 5.56 Å². The summed E-state index contributed by atoms with van der Waals surface area (Å²) < 4.78 is 1.61. The van der Waals surface area contributed by atoms with E-state index in [9.17, 15) is 4.79 Å². The quantitative estimate of drug-likeness (QED) is 0.691. The third-order valence-corrected chi connectivity index (χ3v) is 5.00. The van der Waals surface area contributed by atoms with Gasteiger partial charge >= 0.3 is 0 Å². The second-order valence-electron chi connectivity index (χ2n) is 6.94. The second kappa shape index (κ2) is 8.18. The van der Waals surface area contributed by atoms with E-state index < -0.39 is 0 Å². The third-order valence-electron chi connectivity index (χ3n) is 5.00. The predicted octanol–water partition coefficient (Wildman–Crippen LogP) is 2.01. The highest BCUT2D eigenvalue weighted by molar-refractivity contribution is 5.56. The molecule has 1 aliphatic rings. The van der Waals surface area contributed by atoms with E-state index in [0.717, 1.165) is 49.3 Å². The maximum atomic E-state index is 12.2. The standard InChI is InChI=1S/C20H22N6O/c27-20-2-1-19(18-3-7-21-8-4-18)24-26(20)14-16-5-9-25(10-6-16)13-17-11-22-15-23-12-17/h1-4,7-8,11-12,15-16H,5-6,9-10,13-14H2. The van der Waals surface area contributed by atoms with Gasteiger partial charge in [-0.2, -0.15) is 5.10 Å². The fraction of sp³-hybridized carbons (Fsp3) is 0.350. The first-order valence-corrected chi connectivity index (χ1v) is 9.23. The van der Waals surface area contributed by atoms with E-state index in [1.54, 1.807) is 35.5 Å². The molecular formula is C20H22N6O. The molecule has 0 radical (unpaired) electrons. The fourth-order valence-electron chi connectivity index (χ4n) is 3.50. The maximum absolute atomic E-state index is 12.2. The van der Waals surface area contributed by atoms with Crippen LogP contribution in [-0.4, -0.2) is 42.7 Å². The van der Waals surface area contributed by atoms with Crippen molar-refractivity contribution >= 4 is 0 Å². The minimum atomic E-state index is -0.0447. The smallest absolute Gasteiger partial charge is 0.266 e. The Morgan fingerprint density at radius 1 is 0.963 bits per heavy atom. The second-order valence-corrected chi connectivity index (χ2v) is 6.94. The number of nitrogens with zero attached hydrogens (tertiary/aromatic N) is 6. The molecule has 3 aromatic rings. The van der Waals surface area contributed by atoms with Crippen LogP contribution in [0.5, 0.6) is 0 Å². The lowest BCUT2D eigenvalue weighted by molar-refractivity contribution is 0.163. The maximum Gasteiger partial charge on any atom is 0.266 e. The van der Waals surface area contributed by atoms with E-state index in [0.29, 0.717) is 12.5 Å². The molecule has 4 rings (SSSR count). The van der Waals surface area contributed by atoms with Gasteiger partial charge in [-0.05, 0) is 50.0 Å². The molecule has 0 saturated carbocycles. The zero-order valence-electron chi connectivity index (χ0n) is 15.1. The van der Waals surface area contributed by atoms with Crippen LogP contribution in [0, 0.1) is 5.92 Å². The molecule has 7 nitrogen and oxygen atoms in total. The van der Waals surface area contributed by atoms with Crippen molar-refractivity contribution in [3.8, 4) is 11.3 Å². The van der Waals surface area contributed by atoms with Crippen LogP contribution in [0.25, 0.3) is 11.3 Å². The zero-order chi connectivity index (χ0) is 18.5. The summed E-state index contributed by atoms with van der Waals surface area (Å²) in [5, 5.41) is 4.57. The van der Waals surface area contributed by atoms with Gasteiger partial charge in [0, 0.05) is 55.1 Å². The number of piperidine rings is 1. The number of hydrogen-bond donors (Lipinski definition) is 0. The number of rotatable bonds is 5. The molecule has 1 aliphatic heterocycles. The fourth-order valence-corrected chi connectivity index (χ4v) is 3.50. The Morgan fingerprint density at radius 2 is 1.70 bits per heavy atom. The summed E-state index contributed by atoms with van der Waals surface area (Å²) in [5.74, 6) is 0.464. The molecule has 1 fully saturated rings. The molecule has 0 unspecified atom stereocenters. The molecule has 0 aliphatic carbocycles. The number of likely N-dealkylation sites (tertiary alicyclic amines) is 1. The lowest BCUT2D eigenvalue weighted by atomic mass is 9.96. The van der Waals surface area contributed by atoms with Crippen LogP contribution in [0.1, 0.15) is 18.4 Å². The molecule has 0 aromatic carbocycles. The minimum absolute atomic E-state index is 0.0447. The first kappa shape index (κ1) is 17.5. The Kier molecular flexibility index (Phi) is 5.29. The molecule has 0 bridgehead atoms. The molecule has 3 aromatic heterocycles. The predicted molar refractivity (Wildman–Crippen MR) is 102 cm³/mol. The van der Waals surface area contributed by atoms with Gasteiger partial charge in [-0.15, -0.1) is 0 Å². The van der Waals surface area contributed by atoms with Crippen LogP contribution in [-0.2, 0) is 13.1 Å². The van der Waals surface area contributed by atoms with Gasteiger partial charge in [0.15, 0.2) is 0 Å². The Bertz CT molecular complexity index is 920. The van der Waals surface area contributed by atoms with Crippen molar-refractivity contribution in [1.82, 2.24) is 29.6 Å². The highest BCUT2D eigenvalue weighted by Gasteiger charge is 2.20. The highest BCUT2D eigenvalue weighted by atomic mass is 16.1. The molecular weight excluding hydrogens is 340 g/mol. The SMILES string of the molecule is O=c1ccc(-c2ccncc2)nn1CC1CCN(Cc2cncnc2)CC1. The molecule has 4 heterocycles. The molecule has 7 heteroatoms. The largest absolute Gasteiger partial charge is 0.299 e. The first-order valence-electron chi connectivity index (χ1n) is 9.23. The van der Waals surface area contributed by atoms with Gasteiger partial charge in [0.1, 0.15) is 6.33 Å². The third kappa shape index (κ3) is 4.43. The normalized spacial score (nSPS) is 15.7. The minimum Gasteiger partial charge on any atom is -0.299 e. The summed E-state index contributed by atoms with van der Waals surface area (Å²) in [6.07, 6.45) is 10.9. The van der Waals surface area contributed by atoms with Crippen LogP contribution in [0.15, 0.2) is 60.2 Å². The van der Waals surface area contributed by atoms with Crippen LogP contribution in [0.2, 0.25) is 0 Å². The van der Waals surface area contributed by atoms with Gasteiger partial charge in [0.2, 0.25) is 0 Å². The highest BCUT2D eigenvalue weighted by Crippen LogP contribution is 2.20. The number of hydrogen-bond acceptors (Lipinski definition) is 6. The van der Waals surface area contributed by atoms with Crippen molar-refractivity contribution in [2.45, 2.75) is 25.9 Å². The zero-order valence-corrected chi connectivity index (χ0v) is 15.1. The van der Waals surface area contributed by atoms with E-state index in [4.69, 9.17) is 0 Å². The molecule has 0 N–H and O–H groups in total. The summed E-state index contributed by atoms with van der Waals surface area (Å²) in [6.45, 7) is 3.57. The molecule has 138 valence electrons. The van der Waals surface area contributed by atoms with E-state index in [1.807, 2.05) is 24.5 Å². The summed E-state index contributed by atoms with van der Waals surface area (Å²) in [5.41, 5.74) is 2.87.